The van der Waals surface area contributed by atoms with Crippen LogP contribution in [0.2, 0.25) is 5.02 Å². The van der Waals surface area contributed by atoms with E-state index in [-0.39, 0.29) is 11.9 Å². The summed E-state index contributed by atoms with van der Waals surface area (Å²) in [5, 5.41) is 3.92. The van der Waals surface area contributed by atoms with Crippen LogP contribution in [0.3, 0.4) is 0 Å². The summed E-state index contributed by atoms with van der Waals surface area (Å²) >= 11 is 7.22. The molecule has 1 saturated heterocycles. The van der Waals surface area contributed by atoms with Crippen molar-refractivity contribution in [2.24, 2.45) is 4.99 Å². The molecule has 7 heteroatoms. The van der Waals surface area contributed by atoms with Crippen LogP contribution in [0, 0.1) is 6.92 Å². The number of amidine groups is 1. The van der Waals surface area contributed by atoms with Crippen molar-refractivity contribution >= 4 is 52.2 Å². The molecule has 0 saturated carbocycles. The van der Waals surface area contributed by atoms with Crippen molar-refractivity contribution in [3.63, 3.8) is 0 Å². The van der Waals surface area contributed by atoms with Gasteiger partial charge in [0.1, 0.15) is 0 Å². The summed E-state index contributed by atoms with van der Waals surface area (Å²) in [7, 11) is 0. The first-order chi connectivity index (χ1) is 13.0. The van der Waals surface area contributed by atoms with E-state index in [4.69, 9.17) is 16.3 Å². The summed E-state index contributed by atoms with van der Waals surface area (Å²) in [5.74, 6) is -0.572. The van der Waals surface area contributed by atoms with Crippen LogP contribution < -0.4 is 5.32 Å². The Hall–Kier alpha value is -2.57. The highest BCUT2D eigenvalue weighted by molar-refractivity contribution is 8.18. The zero-order valence-electron chi connectivity index (χ0n) is 14.8. The Bertz CT molecular complexity index is 952. The lowest BCUT2D eigenvalue weighted by Crippen LogP contribution is -2.19. The van der Waals surface area contributed by atoms with Gasteiger partial charge in [-0.15, -0.1) is 0 Å². The van der Waals surface area contributed by atoms with E-state index in [1.807, 2.05) is 19.1 Å². The van der Waals surface area contributed by atoms with E-state index >= 15 is 0 Å². The molecule has 0 atom stereocenters. The van der Waals surface area contributed by atoms with Crippen LogP contribution in [-0.4, -0.2) is 23.7 Å². The first kappa shape index (κ1) is 19.2. The Morgan fingerprint density at radius 2 is 2.00 bits per heavy atom. The number of carbonyl (C=O) groups excluding carboxylic acids is 2. The molecule has 1 aliphatic heterocycles. The van der Waals surface area contributed by atoms with Gasteiger partial charge in [-0.3, -0.25) is 4.79 Å². The Balaban J connectivity index is 1.77. The monoisotopic (exact) mass is 400 g/mol. The standard InChI is InChI=1S/C20H17ClN2O3S/c1-3-26-19(25)14-6-4-13(5-7-14)11-17-18(24)23-20(27-17)22-16-9-8-15(21)10-12(16)2/h4-11H,3H2,1-2H3,(H,22,23,24)/b17-11-. The summed E-state index contributed by atoms with van der Waals surface area (Å²) in [6.07, 6.45) is 1.76. The van der Waals surface area contributed by atoms with E-state index in [1.54, 1.807) is 43.3 Å². The van der Waals surface area contributed by atoms with Gasteiger partial charge in [-0.2, -0.15) is 0 Å². The zero-order valence-corrected chi connectivity index (χ0v) is 16.4. The van der Waals surface area contributed by atoms with Crippen molar-refractivity contribution in [3.8, 4) is 0 Å². The second-order valence-electron chi connectivity index (χ2n) is 5.76. The molecule has 0 aliphatic carbocycles. The lowest BCUT2D eigenvalue weighted by atomic mass is 10.1. The Morgan fingerprint density at radius 3 is 2.67 bits per heavy atom. The fraction of sp³-hybridized carbons (Fsp3) is 0.150. The van der Waals surface area contributed by atoms with E-state index in [1.165, 1.54) is 11.8 Å². The van der Waals surface area contributed by atoms with Crippen LogP contribution in [0.25, 0.3) is 6.08 Å². The smallest absolute Gasteiger partial charge is 0.338 e. The molecule has 0 aromatic heterocycles. The molecule has 27 heavy (non-hydrogen) atoms. The number of esters is 1. The number of thioether (sulfide) groups is 1. The molecule has 0 bridgehead atoms. The second kappa shape index (κ2) is 8.41. The van der Waals surface area contributed by atoms with Crippen LogP contribution in [0.1, 0.15) is 28.4 Å². The molecule has 138 valence electrons. The number of hydrogen-bond acceptors (Lipinski definition) is 5. The van der Waals surface area contributed by atoms with Gasteiger partial charge in [0.2, 0.25) is 0 Å². The zero-order chi connectivity index (χ0) is 19.4. The third-order valence-corrected chi connectivity index (χ3v) is 4.90. The summed E-state index contributed by atoms with van der Waals surface area (Å²) < 4.78 is 4.96. The normalized spacial score (nSPS) is 16.6. The minimum atomic E-state index is -0.363. The molecule has 5 nitrogen and oxygen atoms in total. The number of amides is 1. The first-order valence-electron chi connectivity index (χ1n) is 8.29. The van der Waals surface area contributed by atoms with Crippen LogP contribution in [0.5, 0.6) is 0 Å². The highest BCUT2D eigenvalue weighted by atomic mass is 35.5. The van der Waals surface area contributed by atoms with Crippen LogP contribution >= 0.6 is 23.4 Å². The van der Waals surface area contributed by atoms with E-state index in [9.17, 15) is 9.59 Å². The maximum atomic E-state index is 12.2. The topological polar surface area (TPSA) is 67.8 Å². The fourth-order valence-electron chi connectivity index (χ4n) is 2.42. The van der Waals surface area contributed by atoms with E-state index in [0.717, 1.165) is 16.8 Å². The van der Waals surface area contributed by atoms with Crippen LogP contribution in [0.15, 0.2) is 52.4 Å². The molecule has 2 aromatic rings. The van der Waals surface area contributed by atoms with Gasteiger partial charge < -0.3 is 10.1 Å². The van der Waals surface area contributed by atoms with Crippen molar-refractivity contribution in [1.82, 2.24) is 5.32 Å². The predicted molar refractivity (Wildman–Crippen MR) is 109 cm³/mol. The van der Waals surface area contributed by atoms with Gasteiger partial charge in [0.15, 0.2) is 5.17 Å². The summed E-state index contributed by atoms with van der Waals surface area (Å²) in [5.41, 5.74) is 2.96. The highest BCUT2D eigenvalue weighted by Crippen LogP contribution is 2.30. The van der Waals surface area contributed by atoms with Crippen LogP contribution in [0.4, 0.5) is 5.69 Å². The third kappa shape index (κ3) is 4.78. The van der Waals surface area contributed by atoms with E-state index in [2.05, 4.69) is 10.3 Å². The average molecular weight is 401 g/mol. The maximum absolute atomic E-state index is 12.2. The van der Waals surface area contributed by atoms with Gasteiger partial charge in [-0.05, 0) is 73.1 Å². The van der Waals surface area contributed by atoms with Gasteiger partial charge in [-0.1, -0.05) is 23.7 Å². The molecule has 0 radical (unpaired) electrons. The summed E-state index contributed by atoms with van der Waals surface area (Å²) in [6.45, 7) is 4.00. The Kier molecular flexibility index (Phi) is 5.98. The molecular formula is C20H17ClN2O3S. The third-order valence-electron chi connectivity index (χ3n) is 3.75. The minimum absolute atomic E-state index is 0.208. The molecule has 0 spiro atoms. The SMILES string of the molecule is CCOC(=O)c1ccc(/C=C2\SC(=Nc3ccc(Cl)cc3C)NC2=O)cc1. The lowest BCUT2D eigenvalue weighted by Gasteiger charge is -2.02. The molecule has 1 amide bonds. The molecule has 2 aromatic carbocycles. The lowest BCUT2D eigenvalue weighted by molar-refractivity contribution is -0.115. The fourth-order valence-corrected chi connectivity index (χ4v) is 3.48. The first-order valence-corrected chi connectivity index (χ1v) is 9.48. The number of benzene rings is 2. The molecule has 0 unspecified atom stereocenters. The number of aliphatic imine (C=N–C) groups is 1. The number of nitrogens with one attached hydrogen (secondary N) is 1. The maximum Gasteiger partial charge on any atom is 0.338 e. The van der Waals surface area contributed by atoms with Crippen molar-refractivity contribution < 1.29 is 14.3 Å². The van der Waals surface area contributed by atoms with E-state index in [0.29, 0.717) is 27.3 Å². The number of nitrogens with zero attached hydrogens (tertiary/aromatic N) is 1. The minimum Gasteiger partial charge on any atom is -0.462 e. The number of rotatable bonds is 4. The quantitative estimate of drug-likeness (QED) is 0.595. The van der Waals surface area contributed by atoms with Gasteiger partial charge >= 0.3 is 5.97 Å². The van der Waals surface area contributed by atoms with Gasteiger partial charge in [0.25, 0.3) is 5.91 Å². The van der Waals surface area contributed by atoms with E-state index < -0.39 is 0 Å². The molecule has 1 heterocycles. The van der Waals surface area contributed by atoms with Crippen molar-refractivity contribution in [3.05, 3.63) is 69.1 Å². The predicted octanol–water partition coefficient (Wildman–Crippen LogP) is 4.72. The molecule has 1 aliphatic rings. The number of ether oxygens (including phenoxy) is 1. The van der Waals surface area contributed by atoms with Crippen LogP contribution in [-0.2, 0) is 9.53 Å². The van der Waals surface area contributed by atoms with Crippen molar-refractivity contribution in [2.75, 3.05) is 6.61 Å². The highest BCUT2D eigenvalue weighted by Gasteiger charge is 2.24. The van der Waals surface area contributed by atoms with Crippen molar-refractivity contribution in [2.45, 2.75) is 13.8 Å². The number of hydrogen-bond donors (Lipinski definition) is 1. The van der Waals surface area contributed by atoms with Gasteiger partial charge in [0.05, 0.1) is 22.8 Å². The Morgan fingerprint density at radius 1 is 1.26 bits per heavy atom. The van der Waals surface area contributed by atoms with Crippen molar-refractivity contribution in [1.29, 1.82) is 0 Å². The largest absolute Gasteiger partial charge is 0.462 e. The summed E-state index contributed by atoms with van der Waals surface area (Å²) in [6, 6.07) is 12.3. The Labute approximate surface area is 166 Å². The molecule has 1 fully saturated rings. The molecule has 1 N–H and O–H groups in total. The number of aryl methyl sites for hydroxylation is 1. The van der Waals surface area contributed by atoms with Gasteiger partial charge in [0, 0.05) is 5.02 Å². The summed E-state index contributed by atoms with van der Waals surface area (Å²) in [4.78, 5) is 28.9. The van der Waals surface area contributed by atoms with Gasteiger partial charge in [-0.25, -0.2) is 9.79 Å². The number of carbonyl (C=O) groups is 2. The second-order valence-corrected chi connectivity index (χ2v) is 7.22. The number of halogens is 1. The molecular weight excluding hydrogens is 384 g/mol. The average Bonchev–Trinajstić information content (AvgIpc) is 2.97. The molecule has 3 rings (SSSR count).